The number of benzene rings is 1. The number of phenolic OH excluding ortho intramolecular Hbond substituents is 1. The molecule has 1 amide bonds. The van der Waals surface area contributed by atoms with Gasteiger partial charge >= 0.3 is 0 Å². The van der Waals surface area contributed by atoms with Crippen LogP contribution in [0.4, 0.5) is 4.39 Å². The van der Waals surface area contributed by atoms with E-state index in [9.17, 15) is 14.3 Å². The van der Waals surface area contributed by atoms with Crippen molar-refractivity contribution >= 4 is 17.5 Å². The quantitative estimate of drug-likeness (QED) is 0.833. The van der Waals surface area contributed by atoms with Crippen LogP contribution in [0.25, 0.3) is 0 Å². The van der Waals surface area contributed by atoms with E-state index < -0.39 is 17.5 Å². The molecule has 5 heteroatoms. The van der Waals surface area contributed by atoms with E-state index >= 15 is 0 Å². The lowest BCUT2D eigenvalue weighted by atomic mass is 10.2. The van der Waals surface area contributed by atoms with E-state index in [0.717, 1.165) is 12.1 Å². The van der Waals surface area contributed by atoms with Crippen molar-refractivity contribution in [3.8, 4) is 5.75 Å². The molecule has 0 saturated carbocycles. The minimum absolute atomic E-state index is 0.00526. The fourth-order valence-electron chi connectivity index (χ4n) is 0.968. The number of carbonyl (C=O) groups is 1. The average molecular weight is 230 g/mol. The summed E-state index contributed by atoms with van der Waals surface area (Å²) < 4.78 is 12.6. The van der Waals surface area contributed by atoms with Crippen molar-refractivity contribution in [1.82, 2.24) is 5.32 Å². The van der Waals surface area contributed by atoms with Crippen LogP contribution in [0, 0.1) is 5.82 Å². The minimum Gasteiger partial charge on any atom is -0.507 e. The molecule has 0 aromatic heterocycles. The second-order valence-electron chi connectivity index (χ2n) is 2.86. The highest BCUT2D eigenvalue weighted by atomic mass is 35.5. The lowest BCUT2D eigenvalue weighted by Gasteiger charge is -2.05. The average Bonchev–Trinajstić information content (AvgIpc) is 2.14. The van der Waals surface area contributed by atoms with Gasteiger partial charge in [0, 0.05) is 11.1 Å². The highest BCUT2D eigenvalue weighted by molar-refractivity contribution is 6.29. The molecular formula is C10H9ClFNO2. The first-order valence-electron chi connectivity index (χ1n) is 4.10. The van der Waals surface area contributed by atoms with Gasteiger partial charge in [-0.25, -0.2) is 4.39 Å². The number of carbonyl (C=O) groups excluding carboxylic acids is 1. The van der Waals surface area contributed by atoms with Gasteiger partial charge in [0.2, 0.25) is 0 Å². The number of aromatic hydroxyl groups is 1. The third kappa shape index (κ3) is 3.25. The lowest BCUT2D eigenvalue weighted by Crippen LogP contribution is -2.24. The molecule has 0 aliphatic heterocycles. The Labute approximate surface area is 91.2 Å². The Hall–Kier alpha value is -1.55. The van der Waals surface area contributed by atoms with Crippen molar-refractivity contribution in [1.29, 1.82) is 0 Å². The number of hydrogen-bond donors (Lipinski definition) is 2. The SMILES string of the molecule is C=C(Cl)CNC(=O)c1ccc(F)cc1O. The number of amides is 1. The summed E-state index contributed by atoms with van der Waals surface area (Å²) in [5.41, 5.74) is -0.00526. The van der Waals surface area contributed by atoms with E-state index in [-0.39, 0.29) is 17.1 Å². The van der Waals surface area contributed by atoms with E-state index in [1.165, 1.54) is 6.07 Å². The number of hydrogen-bond acceptors (Lipinski definition) is 2. The predicted octanol–water partition coefficient (Wildman–Crippen LogP) is 2.01. The van der Waals surface area contributed by atoms with Crippen molar-refractivity contribution in [2.24, 2.45) is 0 Å². The Morgan fingerprint density at radius 3 is 2.80 bits per heavy atom. The van der Waals surface area contributed by atoms with Crippen LogP contribution in [0.1, 0.15) is 10.4 Å². The third-order valence-corrected chi connectivity index (χ3v) is 1.78. The van der Waals surface area contributed by atoms with Crippen molar-refractivity contribution in [3.63, 3.8) is 0 Å². The lowest BCUT2D eigenvalue weighted by molar-refractivity contribution is 0.0955. The fraction of sp³-hybridized carbons (Fsp3) is 0.100. The summed E-state index contributed by atoms with van der Waals surface area (Å²) in [6.07, 6.45) is 0. The van der Waals surface area contributed by atoms with Crippen LogP contribution >= 0.6 is 11.6 Å². The molecule has 0 aliphatic rings. The molecule has 3 nitrogen and oxygen atoms in total. The van der Waals surface area contributed by atoms with Gasteiger partial charge in [-0.3, -0.25) is 4.79 Å². The number of rotatable bonds is 3. The monoisotopic (exact) mass is 229 g/mol. The molecule has 0 spiro atoms. The van der Waals surface area contributed by atoms with E-state index in [4.69, 9.17) is 11.6 Å². The molecule has 15 heavy (non-hydrogen) atoms. The first-order valence-corrected chi connectivity index (χ1v) is 4.48. The van der Waals surface area contributed by atoms with Gasteiger partial charge in [-0.2, -0.15) is 0 Å². The Balaban J connectivity index is 2.78. The van der Waals surface area contributed by atoms with E-state index in [0.29, 0.717) is 0 Å². The molecule has 1 aromatic rings. The number of nitrogens with one attached hydrogen (secondary N) is 1. The second-order valence-corrected chi connectivity index (χ2v) is 3.40. The van der Waals surface area contributed by atoms with Crippen LogP contribution in [-0.2, 0) is 0 Å². The minimum atomic E-state index is -0.606. The van der Waals surface area contributed by atoms with Crippen molar-refractivity contribution in [2.45, 2.75) is 0 Å². The standard InChI is InChI=1S/C10H9ClFNO2/c1-6(11)5-13-10(15)8-3-2-7(12)4-9(8)14/h2-4,14H,1,5H2,(H,13,15). The molecule has 2 N–H and O–H groups in total. The first-order chi connectivity index (χ1) is 7.00. The topological polar surface area (TPSA) is 49.3 Å². The number of halogens is 2. The van der Waals surface area contributed by atoms with Crippen LogP contribution in [0.2, 0.25) is 0 Å². The zero-order valence-electron chi connectivity index (χ0n) is 7.76. The normalized spacial score (nSPS) is 9.73. The molecule has 0 bridgehead atoms. The van der Waals surface area contributed by atoms with Crippen LogP contribution in [0.3, 0.4) is 0 Å². The van der Waals surface area contributed by atoms with Crippen LogP contribution < -0.4 is 5.32 Å². The van der Waals surface area contributed by atoms with E-state index in [1.54, 1.807) is 0 Å². The summed E-state index contributed by atoms with van der Waals surface area (Å²) in [5, 5.41) is 11.9. The molecule has 0 heterocycles. The molecule has 80 valence electrons. The van der Waals surface area contributed by atoms with Crippen LogP contribution in [-0.4, -0.2) is 17.6 Å². The Kier molecular flexibility index (Phi) is 3.68. The molecule has 0 fully saturated rings. The first kappa shape index (κ1) is 11.5. The predicted molar refractivity (Wildman–Crippen MR) is 55.4 cm³/mol. The summed E-state index contributed by atoms with van der Waals surface area (Å²) in [4.78, 5) is 11.4. The molecule has 0 saturated heterocycles. The molecular weight excluding hydrogens is 221 g/mol. The maximum absolute atomic E-state index is 12.6. The van der Waals surface area contributed by atoms with Crippen molar-refractivity contribution < 1.29 is 14.3 Å². The summed E-state index contributed by atoms with van der Waals surface area (Å²) in [5.74, 6) is -1.55. The van der Waals surface area contributed by atoms with Gasteiger partial charge < -0.3 is 10.4 Å². The Bertz CT molecular complexity index is 406. The van der Waals surface area contributed by atoms with E-state index in [1.807, 2.05) is 0 Å². The van der Waals surface area contributed by atoms with Gasteiger partial charge in [-0.1, -0.05) is 18.2 Å². The van der Waals surface area contributed by atoms with Gasteiger partial charge in [0.25, 0.3) is 5.91 Å². The van der Waals surface area contributed by atoms with Crippen molar-refractivity contribution in [2.75, 3.05) is 6.54 Å². The highest BCUT2D eigenvalue weighted by Gasteiger charge is 2.10. The molecule has 1 rings (SSSR count). The summed E-state index contributed by atoms with van der Waals surface area (Å²) in [7, 11) is 0. The third-order valence-electron chi connectivity index (χ3n) is 1.65. The smallest absolute Gasteiger partial charge is 0.255 e. The van der Waals surface area contributed by atoms with Gasteiger partial charge in [0.05, 0.1) is 12.1 Å². The van der Waals surface area contributed by atoms with E-state index in [2.05, 4.69) is 11.9 Å². The van der Waals surface area contributed by atoms with Gasteiger partial charge in [0.1, 0.15) is 11.6 Å². The van der Waals surface area contributed by atoms with Crippen molar-refractivity contribution in [3.05, 3.63) is 41.2 Å². The van der Waals surface area contributed by atoms with Crippen LogP contribution in [0.5, 0.6) is 5.75 Å². The largest absolute Gasteiger partial charge is 0.507 e. The maximum Gasteiger partial charge on any atom is 0.255 e. The maximum atomic E-state index is 12.6. The summed E-state index contributed by atoms with van der Waals surface area (Å²) >= 11 is 5.44. The van der Waals surface area contributed by atoms with Crippen LogP contribution in [0.15, 0.2) is 29.8 Å². The molecule has 0 atom stereocenters. The second kappa shape index (κ2) is 4.79. The molecule has 0 unspecified atom stereocenters. The zero-order chi connectivity index (χ0) is 11.4. The molecule has 0 aliphatic carbocycles. The molecule has 0 radical (unpaired) electrons. The summed E-state index contributed by atoms with van der Waals surface area (Å²) in [6.45, 7) is 3.48. The fourth-order valence-corrected chi connectivity index (χ4v) is 1.04. The van der Waals surface area contributed by atoms with Gasteiger partial charge in [-0.05, 0) is 12.1 Å². The number of phenols is 1. The highest BCUT2D eigenvalue weighted by Crippen LogP contribution is 2.17. The zero-order valence-corrected chi connectivity index (χ0v) is 8.51. The molecule has 1 aromatic carbocycles. The Morgan fingerprint density at radius 2 is 2.27 bits per heavy atom. The Morgan fingerprint density at radius 1 is 1.60 bits per heavy atom. The van der Waals surface area contributed by atoms with Gasteiger partial charge in [-0.15, -0.1) is 0 Å². The summed E-state index contributed by atoms with van der Waals surface area (Å²) in [6, 6.07) is 3.14. The van der Waals surface area contributed by atoms with Gasteiger partial charge in [0.15, 0.2) is 0 Å².